The molecule has 2 aromatic rings. The Bertz CT molecular complexity index is 631. The first-order chi connectivity index (χ1) is 9.00. The van der Waals surface area contributed by atoms with Crippen LogP contribution in [0, 0.1) is 0 Å². The van der Waals surface area contributed by atoms with Gasteiger partial charge in [0.25, 0.3) is 5.91 Å². The van der Waals surface area contributed by atoms with E-state index in [1.54, 1.807) is 7.05 Å². The SMILES string of the molecule is CN(CCC(=O)O)C(=O)c1cc2ccccc2n1C. The van der Waals surface area contributed by atoms with Gasteiger partial charge >= 0.3 is 5.97 Å². The summed E-state index contributed by atoms with van der Waals surface area (Å²) >= 11 is 0. The molecule has 1 amide bonds. The molecule has 0 spiro atoms. The lowest BCUT2D eigenvalue weighted by Crippen LogP contribution is -2.30. The highest BCUT2D eigenvalue weighted by Gasteiger charge is 2.17. The lowest BCUT2D eigenvalue weighted by Gasteiger charge is -2.16. The summed E-state index contributed by atoms with van der Waals surface area (Å²) in [6, 6.07) is 9.57. The number of amides is 1. The monoisotopic (exact) mass is 260 g/mol. The molecule has 1 N–H and O–H groups in total. The molecule has 19 heavy (non-hydrogen) atoms. The minimum absolute atomic E-state index is 0.0494. The van der Waals surface area contributed by atoms with Crippen molar-refractivity contribution in [3.05, 3.63) is 36.0 Å². The topological polar surface area (TPSA) is 62.5 Å². The van der Waals surface area contributed by atoms with Crippen LogP contribution in [0.5, 0.6) is 0 Å². The third-order valence-corrected chi connectivity index (χ3v) is 3.18. The number of hydrogen-bond acceptors (Lipinski definition) is 2. The molecule has 2 rings (SSSR count). The average molecular weight is 260 g/mol. The summed E-state index contributed by atoms with van der Waals surface area (Å²) in [7, 11) is 3.45. The molecular formula is C14H16N2O3. The van der Waals surface area contributed by atoms with Gasteiger partial charge in [-0.1, -0.05) is 18.2 Å². The predicted molar refractivity (Wildman–Crippen MR) is 72.1 cm³/mol. The smallest absolute Gasteiger partial charge is 0.305 e. The van der Waals surface area contributed by atoms with Crippen molar-refractivity contribution >= 4 is 22.8 Å². The Morgan fingerprint density at radius 2 is 2.00 bits per heavy atom. The summed E-state index contributed by atoms with van der Waals surface area (Å²) in [5.41, 5.74) is 1.55. The number of carbonyl (C=O) groups excluding carboxylic acids is 1. The fraction of sp³-hybridized carbons (Fsp3) is 0.286. The largest absolute Gasteiger partial charge is 0.481 e. The molecule has 0 saturated carbocycles. The maximum atomic E-state index is 12.3. The van der Waals surface area contributed by atoms with Crippen molar-refractivity contribution in [1.82, 2.24) is 9.47 Å². The zero-order valence-electron chi connectivity index (χ0n) is 11.0. The number of fused-ring (bicyclic) bond motifs is 1. The zero-order valence-corrected chi connectivity index (χ0v) is 11.0. The second-order valence-corrected chi connectivity index (χ2v) is 4.52. The minimum Gasteiger partial charge on any atom is -0.481 e. The number of hydrogen-bond donors (Lipinski definition) is 1. The van der Waals surface area contributed by atoms with E-state index in [4.69, 9.17) is 5.11 Å². The van der Waals surface area contributed by atoms with Crippen LogP contribution in [0.4, 0.5) is 0 Å². The van der Waals surface area contributed by atoms with E-state index in [9.17, 15) is 9.59 Å². The molecule has 0 fully saturated rings. The van der Waals surface area contributed by atoms with Gasteiger partial charge < -0.3 is 14.6 Å². The molecule has 0 bridgehead atoms. The third-order valence-electron chi connectivity index (χ3n) is 3.18. The van der Waals surface area contributed by atoms with Gasteiger partial charge in [0.05, 0.1) is 6.42 Å². The van der Waals surface area contributed by atoms with E-state index in [1.165, 1.54) is 4.90 Å². The molecule has 1 aromatic carbocycles. The quantitative estimate of drug-likeness (QED) is 0.910. The second kappa shape index (κ2) is 5.14. The van der Waals surface area contributed by atoms with Crippen LogP contribution in [-0.4, -0.2) is 40.0 Å². The van der Waals surface area contributed by atoms with E-state index in [0.29, 0.717) is 5.69 Å². The Hall–Kier alpha value is -2.30. The van der Waals surface area contributed by atoms with Crippen molar-refractivity contribution in [3.8, 4) is 0 Å². The molecule has 0 radical (unpaired) electrons. The maximum absolute atomic E-state index is 12.3. The van der Waals surface area contributed by atoms with Crippen molar-refractivity contribution < 1.29 is 14.7 Å². The fourth-order valence-corrected chi connectivity index (χ4v) is 2.05. The van der Waals surface area contributed by atoms with Gasteiger partial charge in [0.2, 0.25) is 0 Å². The molecular weight excluding hydrogens is 244 g/mol. The van der Waals surface area contributed by atoms with Gasteiger partial charge in [0.1, 0.15) is 5.69 Å². The molecule has 0 saturated heterocycles. The molecule has 1 aromatic heterocycles. The van der Waals surface area contributed by atoms with Crippen LogP contribution in [0.15, 0.2) is 30.3 Å². The number of aromatic nitrogens is 1. The number of aryl methyl sites for hydroxylation is 1. The van der Waals surface area contributed by atoms with E-state index in [-0.39, 0.29) is 18.9 Å². The van der Waals surface area contributed by atoms with Gasteiger partial charge in [-0.3, -0.25) is 9.59 Å². The number of para-hydroxylation sites is 1. The predicted octanol–water partition coefficient (Wildman–Crippen LogP) is 1.72. The number of carboxylic acids is 1. The number of nitrogens with zero attached hydrogens (tertiary/aromatic N) is 2. The van der Waals surface area contributed by atoms with Crippen molar-refractivity contribution in [3.63, 3.8) is 0 Å². The van der Waals surface area contributed by atoms with E-state index in [0.717, 1.165) is 10.9 Å². The number of carboxylic acid groups (broad SMARTS) is 1. The van der Waals surface area contributed by atoms with Gasteiger partial charge in [-0.05, 0) is 12.1 Å². The van der Waals surface area contributed by atoms with Crippen LogP contribution in [0.2, 0.25) is 0 Å². The second-order valence-electron chi connectivity index (χ2n) is 4.52. The van der Waals surface area contributed by atoms with E-state index in [2.05, 4.69) is 0 Å². The first-order valence-electron chi connectivity index (χ1n) is 6.02. The summed E-state index contributed by atoms with van der Waals surface area (Å²) in [5, 5.41) is 9.64. The van der Waals surface area contributed by atoms with Gasteiger partial charge in [-0.2, -0.15) is 0 Å². The Morgan fingerprint density at radius 1 is 1.32 bits per heavy atom. The number of rotatable bonds is 4. The van der Waals surface area contributed by atoms with E-state index >= 15 is 0 Å². The highest BCUT2D eigenvalue weighted by atomic mass is 16.4. The van der Waals surface area contributed by atoms with Crippen molar-refractivity contribution in [2.24, 2.45) is 7.05 Å². The van der Waals surface area contributed by atoms with Crippen LogP contribution in [0.3, 0.4) is 0 Å². The molecule has 5 heteroatoms. The Kier molecular flexibility index (Phi) is 3.55. The highest BCUT2D eigenvalue weighted by molar-refractivity contribution is 5.98. The summed E-state index contributed by atoms with van der Waals surface area (Å²) in [6.07, 6.45) is -0.0494. The van der Waals surface area contributed by atoms with Crippen molar-refractivity contribution in [2.75, 3.05) is 13.6 Å². The van der Waals surface area contributed by atoms with Crippen molar-refractivity contribution in [1.29, 1.82) is 0 Å². The van der Waals surface area contributed by atoms with E-state index in [1.807, 2.05) is 41.9 Å². The van der Waals surface area contributed by atoms with Gasteiger partial charge in [-0.15, -0.1) is 0 Å². The number of aliphatic carboxylic acids is 1. The molecule has 0 aliphatic carbocycles. The molecule has 1 heterocycles. The zero-order chi connectivity index (χ0) is 14.0. The van der Waals surface area contributed by atoms with Crippen LogP contribution in [0.1, 0.15) is 16.9 Å². The normalized spacial score (nSPS) is 10.6. The van der Waals surface area contributed by atoms with Gasteiger partial charge in [0, 0.05) is 31.5 Å². The summed E-state index contributed by atoms with van der Waals surface area (Å²) in [5.74, 6) is -1.07. The summed E-state index contributed by atoms with van der Waals surface area (Å²) < 4.78 is 1.83. The summed E-state index contributed by atoms with van der Waals surface area (Å²) in [4.78, 5) is 24.2. The van der Waals surface area contributed by atoms with Crippen LogP contribution < -0.4 is 0 Å². The standard InChI is InChI=1S/C14H16N2O3/c1-15(8-7-13(17)18)14(19)12-9-10-5-3-4-6-11(10)16(12)2/h3-6,9H,7-8H2,1-2H3,(H,17,18). The lowest BCUT2D eigenvalue weighted by atomic mass is 10.2. The maximum Gasteiger partial charge on any atom is 0.305 e. The summed E-state index contributed by atoms with van der Waals surface area (Å²) in [6.45, 7) is 0.204. The lowest BCUT2D eigenvalue weighted by molar-refractivity contribution is -0.137. The van der Waals surface area contributed by atoms with Gasteiger partial charge in [-0.25, -0.2) is 0 Å². The first kappa shape index (κ1) is 13.1. The molecule has 0 aliphatic rings. The van der Waals surface area contributed by atoms with E-state index < -0.39 is 5.97 Å². The van der Waals surface area contributed by atoms with Crippen LogP contribution >= 0.6 is 0 Å². The molecule has 0 unspecified atom stereocenters. The number of benzene rings is 1. The first-order valence-corrected chi connectivity index (χ1v) is 6.02. The molecule has 0 atom stereocenters. The molecule has 5 nitrogen and oxygen atoms in total. The van der Waals surface area contributed by atoms with Crippen molar-refractivity contribution in [2.45, 2.75) is 6.42 Å². The van der Waals surface area contributed by atoms with Gasteiger partial charge in [0.15, 0.2) is 0 Å². The third kappa shape index (κ3) is 2.59. The number of carbonyl (C=O) groups is 2. The van der Waals surface area contributed by atoms with Crippen LogP contribution in [0.25, 0.3) is 10.9 Å². The molecule has 100 valence electrons. The Balaban J connectivity index is 2.26. The van der Waals surface area contributed by atoms with Crippen LogP contribution in [-0.2, 0) is 11.8 Å². The molecule has 0 aliphatic heterocycles. The fourth-order valence-electron chi connectivity index (χ4n) is 2.05. The Labute approximate surface area is 111 Å². The Morgan fingerprint density at radius 3 is 2.63 bits per heavy atom. The minimum atomic E-state index is -0.906. The highest BCUT2D eigenvalue weighted by Crippen LogP contribution is 2.19. The average Bonchev–Trinajstić information content (AvgIpc) is 2.73.